The average Bonchev–Trinajstić information content (AvgIpc) is 3.30. The average molecular weight is 424 g/mol. The van der Waals surface area contributed by atoms with Gasteiger partial charge in [0.15, 0.2) is 11.5 Å². The molecule has 166 valence electrons. The van der Waals surface area contributed by atoms with E-state index in [1.165, 1.54) is 37.9 Å². The van der Waals surface area contributed by atoms with Crippen molar-refractivity contribution in [3.8, 4) is 11.5 Å². The highest BCUT2D eigenvalue weighted by Gasteiger charge is 2.26. The number of likely N-dealkylation sites (tertiary alicyclic amines) is 1. The van der Waals surface area contributed by atoms with E-state index in [4.69, 9.17) is 9.47 Å². The molecule has 2 aliphatic heterocycles. The summed E-state index contributed by atoms with van der Waals surface area (Å²) in [6, 6.07) is 16.6. The minimum absolute atomic E-state index is 0.155. The molecular weight excluding hydrogens is 388 g/mol. The highest BCUT2D eigenvalue weighted by molar-refractivity contribution is 5.76. The van der Waals surface area contributed by atoms with Gasteiger partial charge in [-0.2, -0.15) is 0 Å². The van der Waals surface area contributed by atoms with Crippen molar-refractivity contribution in [2.75, 3.05) is 26.4 Å². The van der Waals surface area contributed by atoms with Crippen molar-refractivity contribution in [3.63, 3.8) is 0 Å². The molecule has 4 rings (SSSR count). The first-order valence-corrected chi connectivity index (χ1v) is 11.7. The van der Waals surface area contributed by atoms with Crippen LogP contribution < -0.4 is 14.4 Å². The second-order valence-corrected chi connectivity index (χ2v) is 8.86. The van der Waals surface area contributed by atoms with Crippen LogP contribution in [0, 0.1) is 0 Å². The first kappa shape index (κ1) is 21.7. The SMILES string of the molecule is C[C@@H](CCc1ccccc1)N(Cc1cccc2c1OCO2)C(=O)CC[NH+]1CCCCC1. The van der Waals surface area contributed by atoms with Crippen molar-refractivity contribution in [1.82, 2.24) is 4.90 Å². The highest BCUT2D eigenvalue weighted by atomic mass is 16.7. The summed E-state index contributed by atoms with van der Waals surface area (Å²) in [7, 11) is 0. The Morgan fingerprint density at radius 3 is 2.65 bits per heavy atom. The van der Waals surface area contributed by atoms with Crippen molar-refractivity contribution in [1.29, 1.82) is 0 Å². The van der Waals surface area contributed by atoms with Crippen LogP contribution in [0.5, 0.6) is 11.5 Å². The van der Waals surface area contributed by atoms with E-state index in [-0.39, 0.29) is 18.7 Å². The molecule has 0 bridgehead atoms. The number of ether oxygens (including phenoxy) is 2. The maximum atomic E-state index is 13.4. The van der Waals surface area contributed by atoms with Crippen molar-refractivity contribution < 1.29 is 19.2 Å². The number of amides is 1. The first-order chi connectivity index (χ1) is 15.2. The van der Waals surface area contributed by atoms with Crippen LogP contribution in [0.15, 0.2) is 48.5 Å². The Bertz CT molecular complexity index is 849. The van der Waals surface area contributed by atoms with Crippen LogP contribution in [0.2, 0.25) is 0 Å². The Balaban J connectivity index is 1.44. The standard InChI is InChI=1S/C26H34N2O3/c1-21(13-14-22-9-4-2-5-10-22)28(25(29)15-18-27-16-6-3-7-17-27)19-23-11-8-12-24-26(23)31-20-30-24/h2,4-5,8-12,21H,3,6-7,13-20H2,1H3/p+1/t21-/m0/s1. The van der Waals surface area contributed by atoms with E-state index in [0.717, 1.165) is 36.4 Å². The van der Waals surface area contributed by atoms with Crippen molar-refractivity contribution in [3.05, 3.63) is 59.7 Å². The number of hydrogen-bond donors (Lipinski definition) is 1. The Morgan fingerprint density at radius 1 is 1.03 bits per heavy atom. The lowest BCUT2D eigenvalue weighted by molar-refractivity contribution is -0.904. The van der Waals surface area contributed by atoms with E-state index in [9.17, 15) is 4.79 Å². The van der Waals surface area contributed by atoms with Gasteiger partial charge in [0.1, 0.15) is 0 Å². The fraction of sp³-hybridized carbons (Fsp3) is 0.500. The molecule has 1 N–H and O–H groups in total. The maximum absolute atomic E-state index is 13.4. The number of quaternary nitrogens is 1. The van der Waals surface area contributed by atoms with Gasteiger partial charge < -0.3 is 19.3 Å². The third-order valence-corrected chi connectivity index (χ3v) is 6.62. The van der Waals surface area contributed by atoms with Crippen LogP contribution in [0.25, 0.3) is 0 Å². The number of fused-ring (bicyclic) bond motifs is 1. The summed E-state index contributed by atoms with van der Waals surface area (Å²) in [5.41, 5.74) is 2.34. The van der Waals surface area contributed by atoms with Gasteiger partial charge in [-0.3, -0.25) is 4.79 Å². The van der Waals surface area contributed by atoms with E-state index in [0.29, 0.717) is 13.0 Å². The smallest absolute Gasteiger partial charge is 0.231 e. The lowest BCUT2D eigenvalue weighted by Crippen LogP contribution is -3.12. The topological polar surface area (TPSA) is 43.2 Å². The van der Waals surface area contributed by atoms with Gasteiger partial charge in [-0.25, -0.2) is 0 Å². The summed E-state index contributed by atoms with van der Waals surface area (Å²) >= 11 is 0. The molecule has 2 heterocycles. The number of carbonyl (C=O) groups excluding carboxylic acids is 1. The second kappa shape index (κ2) is 10.7. The molecule has 0 saturated carbocycles. The molecule has 0 radical (unpaired) electrons. The van der Waals surface area contributed by atoms with Gasteiger partial charge in [0.25, 0.3) is 0 Å². The van der Waals surface area contributed by atoms with Crippen LogP contribution in [0.3, 0.4) is 0 Å². The molecule has 0 aliphatic carbocycles. The Labute approximate surface area is 185 Å². The summed E-state index contributed by atoms with van der Waals surface area (Å²) in [6.45, 7) is 6.34. The number of rotatable bonds is 9. The quantitative estimate of drug-likeness (QED) is 0.674. The highest BCUT2D eigenvalue weighted by Crippen LogP contribution is 2.36. The van der Waals surface area contributed by atoms with Crippen molar-refractivity contribution in [2.24, 2.45) is 0 Å². The zero-order valence-corrected chi connectivity index (χ0v) is 18.6. The van der Waals surface area contributed by atoms with Crippen LogP contribution in [0.4, 0.5) is 0 Å². The largest absolute Gasteiger partial charge is 0.454 e. The number of benzene rings is 2. The van der Waals surface area contributed by atoms with E-state index in [1.54, 1.807) is 4.90 Å². The van der Waals surface area contributed by atoms with Gasteiger partial charge in [0.2, 0.25) is 12.7 Å². The number of para-hydroxylation sites is 1. The van der Waals surface area contributed by atoms with Gasteiger partial charge in [0.05, 0.1) is 26.1 Å². The molecule has 1 saturated heterocycles. The fourth-order valence-electron chi connectivity index (χ4n) is 4.69. The van der Waals surface area contributed by atoms with Crippen LogP contribution in [-0.2, 0) is 17.8 Å². The monoisotopic (exact) mass is 423 g/mol. The minimum atomic E-state index is 0.155. The summed E-state index contributed by atoms with van der Waals surface area (Å²) in [4.78, 5) is 17.0. The van der Waals surface area contributed by atoms with Gasteiger partial charge >= 0.3 is 0 Å². The number of piperidine rings is 1. The van der Waals surface area contributed by atoms with Crippen LogP contribution in [0.1, 0.15) is 50.2 Å². The van der Waals surface area contributed by atoms with Gasteiger partial charge in [-0.1, -0.05) is 42.5 Å². The molecule has 2 aromatic rings. The first-order valence-electron chi connectivity index (χ1n) is 11.7. The zero-order valence-electron chi connectivity index (χ0n) is 18.6. The van der Waals surface area contributed by atoms with Gasteiger partial charge in [0, 0.05) is 18.2 Å². The van der Waals surface area contributed by atoms with E-state index >= 15 is 0 Å². The lowest BCUT2D eigenvalue weighted by atomic mass is 10.0. The molecule has 5 heteroatoms. The van der Waals surface area contributed by atoms with Crippen molar-refractivity contribution >= 4 is 5.91 Å². The number of aryl methyl sites for hydroxylation is 1. The predicted molar refractivity (Wildman–Crippen MR) is 121 cm³/mol. The second-order valence-electron chi connectivity index (χ2n) is 8.86. The Hall–Kier alpha value is -2.53. The zero-order chi connectivity index (χ0) is 21.5. The summed E-state index contributed by atoms with van der Waals surface area (Å²) in [6.07, 6.45) is 6.43. The third-order valence-electron chi connectivity index (χ3n) is 6.62. The molecule has 2 aliphatic rings. The molecular formula is C26H35N2O3+. The lowest BCUT2D eigenvalue weighted by Gasteiger charge is -2.31. The van der Waals surface area contributed by atoms with Crippen LogP contribution in [-0.4, -0.2) is 43.3 Å². The third kappa shape index (κ3) is 5.79. The summed E-state index contributed by atoms with van der Waals surface area (Å²) in [5, 5.41) is 0. The number of nitrogens with one attached hydrogen (secondary N) is 1. The Morgan fingerprint density at radius 2 is 1.84 bits per heavy atom. The summed E-state index contributed by atoms with van der Waals surface area (Å²) in [5.74, 6) is 1.81. The molecule has 0 aromatic heterocycles. The molecule has 1 atom stereocenters. The van der Waals surface area contributed by atoms with E-state index in [2.05, 4.69) is 36.1 Å². The molecule has 0 spiro atoms. The number of hydrogen-bond acceptors (Lipinski definition) is 3. The Kier molecular flexibility index (Phi) is 7.47. The molecule has 31 heavy (non-hydrogen) atoms. The number of nitrogens with zero attached hydrogens (tertiary/aromatic N) is 1. The maximum Gasteiger partial charge on any atom is 0.231 e. The van der Waals surface area contributed by atoms with Gasteiger partial charge in [-0.05, 0) is 50.7 Å². The molecule has 2 aromatic carbocycles. The van der Waals surface area contributed by atoms with Crippen LogP contribution >= 0.6 is 0 Å². The fourth-order valence-corrected chi connectivity index (χ4v) is 4.69. The van der Waals surface area contributed by atoms with E-state index in [1.807, 2.05) is 24.3 Å². The van der Waals surface area contributed by atoms with Gasteiger partial charge in [-0.15, -0.1) is 0 Å². The normalized spacial score (nSPS) is 16.8. The van der Waals surface area contributed by atoms with E-state index < -0.39 is 0 Å². The molecule has 5 nitrogen and oxygen atoms in total. The number of carbonyl (C=O) groups is 1. The molecule has 1 fully saturated rings. The molecule has 1 amide bonds. The summed E-state index contributed by atoms with van der Waals surface area (Å²) < 4.78 is 11.3. The molecule has 0 unspecified atom stereocenters. The van der Waals surface area contributed by atoms with Crippen molar-refractivity contribution in [2.45, 2.75) is 58.0 Å². The minimum Gasteiger partial charge on any atom is -0.454 e. The predicted octanol–water partition coefficient (Wildman–Crippen LogP) is 3.22.